The summed E-state index contributed by atoms with van der Waals surface area (Å²) in [5, 5.41) is 4.21. The van der Waals surface area contributed by atoms with Gasteiger partial charge in [0, 0.05) is 13.3 Å². The Hall–Kier alpha value is -4.20. The summed E-state index contributed by atoms with van der Waals surface area (Å²) < 4.78 is 3.03. The Balaban J connectivity index is 1.68. The minimum atomic E-state index is -0.515. The third-order valence-corrected chi connectivity index (χ3v) is 4.88. The highest BCUT2D eigenvalue weighted by Crippen LogP contribution is 2.18. The molecule has 0 saturated carbocycles. The number of aromatic amines is 1. The monoisotopic (exact) mass is 414 g/mol. The van der Waals surface area contributed by atoms with Crippen LogP contribution >= 0.6 is 0 Å². The molecule has 2 aromatic heterocycles. The van der Waals surface area contributed by atoms with Gasteiger partial charge in [-0.2, -0.15) is 10.1 Å². The smallest absolute Gasteiger partial charge is 0.298 e. The van der Waals surface area contributed by atoms with E-state index in [0.717, 1.165) is 16.7 Å². The Bertz CT molecular complexity index is 1380. The largest absolute Gasteiger partial charge is 0.329 e. The number of benzene rings is 2. The molecule has 0 bridgehead atoms. The zero-order chi connectivity index (χ0) is 21.8. The lowest BCUT2D eigenvalue weighted by molar-refractivity contribution is 0.808. The number of allylic oxidation sites excluding steroid dienone is 1. The number of fused-ring (bicyclic) bond motifs is 1. The van der Waals surface area contributed by atoms with Crippen molar-refractivity contribution in [2.24, 2.45) is 12.1 Å². The van der Waals surface area contributed by atoms with Gasteiger partial charge in [-0.05, 0) is 24.1 Å². The van der Waals surface area contributed by atoms with Crippen LogP contribution in [0.25, 0.3) is 17.2 Å². The van der Waals surface area contributed by atoms with E-state index in [9.17, 15) is 9.59 Å². The molecule has 0 saturated heterocycles. The van der Waals surface area contributed by atoms with E-state index in [1.807, 2.05) is 67.6 Å². The lowest BCUT2D eigenvalue weighted by Crippen LogP contribution is -2.29. The fourth-order valence-corrected chi connectivity index (χ4v) is 3.21. The van der Waals surface area contributed by atoms with E-state index >= 15 is 0 Å². The van der Waals surface area contributed by atoms with Gasteiger partial charge in [0.2, 0.25) is 5.95 Å². The van der Waals surface area contributed by atoms with Gasteiger partial charge in [0.1, 0.15) is 0 Å². The van der Waals surface area contributed by atoms with Crippen molar-refractivity contribution in [3.05, 3.63) is 98.2 Å². The van der Waals surface area contributed by atoms with E-state index in [2.05, 4.69) is 20.5 Å². The normalized spacial score (nSPS) is 11.7. The summed E-state index contributed by atoms with van der Waals surface area (Å²) in [6.07, 6.45) is 5.33. The van der Waals surface area contributed by atoms with Gasteiger partial charge < -0.3 is 0 Å². The second-order valence-electron chi connectivity index (χ2n) is 7.16. The van der Waals surface area contributed by atoms with Crippen LogP contribution in [0.3, 0.4) is 0 Å². The highest BCUT2D eigenvalue weighted by atomic mass is 16.2. The molecule has 2 aromatic carbocycles. The number of rotatable bonds is 6. The van der Waals surface area contributed by atoms with Gasteiger partial charge in [0.05, 0.1) is 6.54 Å². The summed E-state index contributed by atoms with van der Waals surface area (Å²) in [6, 6.07) is 17.9. The number of H-pyrrole nitrogens is 1. The van der Waals surface area contributed by atoms with Crippen LogP contribution in [0.2, 0.25) is 0 Å². The summed E-state index contributed by atoms with van der Waals surface area (Å²) in [7, 11) is 1.57. The molecule has 156 valence electrons. The number of hydrogen-bond donors (Lipinski definition) is 2. The molecular weight excluding hydrogens is 392 g/mol. The zero-order valence-electron chi connectivity index (χ0n) is 17.2. The molecule has 0 amide bonds. The van der Waals surface area contributed by atoms with Gasteiger partial charge in [-0.1, -0.05) is 66.2 Å². The summed E-state index contributed by atoms with van der Waals surface area (Å²) in [6.45, 7) is 2.41. The number of hydrogen-bond acceptors (Lipinski definition) is 5. The van der Waals surface area contributed by atoms with E-state index < -0.39 is 11.2 Å². The summed E-state index contributed by atoms with van der Waals surface area (Å²) in [5.41, 5.74) is 5.69. The van der Waals surface area contributed by atoms with Gasteiger partial charge >= 0.3 is 5.69 Å². The maximum absolute atomic E-state index is 12.6. The number of aryl methyl sites for hydroxylation is 2. The first-order valence-electron chi connectivity index (χ1n) is 9.79. The Labute approximate surface area is 178 Å². The van der Waals surface area contributed by atoms with Crippen molar-refractivity contribution in [2.75, 3.05) is 5.43 Å². The molecule has 0 aliphatic heterocycles. The molecule has 31 heavy (non-hydrogen) atoms. The molecule has 0 radical (unpaired) electrons. The molecular formula is C23H22N6O2. The molecule has 0 spiro atoms. The third kappa shape index (κ3) is 4.37. The molecule has 0 fully saturated rings. The highest BCUT2D eigenvalue weighted by Gasteiger charge is 2.17. The molecule has 0 atom stereocenters. The van der Waals surface area contributed by atoms with Crippen molar-refractivity contribution in [3.63, 3.8) is 0 Å². The Morgan fingerprint density at radius 3 is 2.58 bits per heavy atom. The standard InChI is InChI=1S/C23H22N6O2/c1-16-10-12-18(13-11-16)15-29-19-20(28(2)23(31)26-21(19)30)25-22(29)27-24-14-6-9-17-7-4-3-5-8-17/h3-14H,15H2,1-2H3,(H,25,27)(H,26,30,31). The van der Waals surface area contributed by atoms with Gasteiger partial charge in [0.25, 0.3) is 5.56 Å². The molecule has 2 N–H and O–H groups in total. The number of nitrogens with one attached hydrogen (secondary N) is 2. The van der Waals surface area contributed by atoms with E-state index in [-0.39, 0.29) is 0 Å². The molecule has 4 aromatic rings. The second kappa shape index (κ2) is 8.66. The predicted octanol–water partition coefficient (Wildman–Crippen LogP) is 2.89. The number of nitrogens with zero attached hydrogens (tertiary/aromatic N) is 4. The molecule has 2 heterocycles. The Morgan fingerprint density at radius 1 is 1.10 bits per heavy atom. The third-order valence-electron chi connectivity index (χ3n) is 4.88. The van der Waals surface area contributed by atoms with E-state index in [1.54, 1.807) is 23.9 Å². The number of hydrazone groups is 1. The van der Waals surface area contributed by atoms with Crippen LogP contribution in [0.1, 0.15) is 16.7 Å². The average Bonchev–Trinajstić information content (AvgIpc) is 3.13. The SMILES string of the molecule is Cc1ccc(Cn2c(NN=CC=Cc3ccccc3)nc3c2c(=O)[nH]c(=O)n3C)cc1. The number of imidazole rings is 1. The highest BCUT2D eigenvalue weighted by molar-refractivity contribution is 5.79. The van der Waals surface area contributed by atoms with Gasteiger partial charge in [-0.15, -0.1) is 0 Å². The minimum Gasteiger partial charge on any atom is -0.298 e. The zero-order valence-corrected chi connectivity index (χ0v) is 17.2. The summed E-state index contributed by atoms with van der Waals surface area (Å²) in [5.74, 6) is 0.367. The Morgan fingerprint density at radius 2 is 1.84 bits per heavy atom. The van der Waals surface area contributed by atoms with Crippen LogP contribution in [0.15, 0.2) is 75.4 Å². The van der Waals surface area contributed by atoms with Crippen LogP contribution in [-0.4, -0.2) is 25.3 Å². The first kappa shape index (κ1) is 20.1. The van der Waals surface area contributed by atoms with Gasteiger partial charge in [-0.25, -0.2) is 10.2 Å². The van der Waals surface area contributed by atoms with E-state index in [4.69, 9.17) is 0 Å². The van der Waals surface area contributed by atoms with Crippen LogP contribution in [0, 0.1) is 6.92 Å². The summed E-state index contributed by atoms with van der Waals surface area (Å²) in [4.78, 5) is 31.4. The second-order valence-corrected chi connectivity index (χ2v) is 7.16. The van der Waals surface area contributed by atoms with E-state index in [0.29, 0.717) is 23.7 Å². The fraction of sp³-hybridized carbons (Fsp3) is 0.130. The molecule has 8 nitrogen and oxygen atoms in total. The molecule has 8 heteroatoms. The first-order valence-corrected chi connectivity index (χ1v) is 9.79. The minimum absolute atomic E-state index is 0.290. The van der Waals surface area contributed by atoms with Crippen LogP contribution in [0.5, 0.6) is 0 Å². The summed E-state index contributed by atoms with van der Waals surface area (Å²) >= 11 is 0. The molecule has 0 unspecified atom stereocenters. The lowest BCUT2D eigenvalue weighted by atomic mass is 10.1. The van der Waals surface area contributed by atoms with Crippen LogP contribution < -0.4 is 16.7 Å². The number of anilines is 1. The van der Waals surface area contributed by atoms with Crippen LogP contribution in [0.4, 0.5) is 5.95 Å². The van der Waals surface area contributed by atoms with Crippen molar-refractivity contribution in [3.8, 4) is 0 Å². The van der Waals surface area contributed by atoms with Crippen molar-refractivity contribution in [1.82, 2.24) is 19.1 Å². The first-order chi connectivity index (χ1) is 15.0. The quantitative estimate of drug-likeness (QED) is 0.374. The van der Waals surface area contributed by atoms with Crippen molar-refractivity contribution in [2.45, 2.75) is 13.5 Å². The van der Waals surface area contributed by atoms with Gasteiger partial charge in [-0.3, -0.25) is 18.9 Å². The molecule has 0 aliphatic carbocycles. The lowest BCUT2D eigenvalue weighted by Gasteiger charge is -2.08. The van der Waals surface area contributed by atoms with Crippen molar-refractivity contribution >= 4 is 29.4 Å². The number of aromatic nitrogens is 4. The van der Waals surface area contributed by atoms with E-state index in [1.165, 1.54) is 4.57 Å². The fourth-order valence-electron chi connectivity index (χ4n) is 3.21. The predicted molar refractivity (Wildman–Crippen MR) is 123 cm³/mol. The molecule has 0 aliphatic rings. The topological polar surface area (TPSA) is 97.1 Å². The maximum Gasteiger partial charge on any atom is 0.329 e. The van der Waals surface area contributed by atoms with Gasteiger partial charge in [0.15, 0.2) is 11.2 Å². The van der Waals surface area contributed by atoms with Crippen molar-refractivity contribution < 1.29 is 0 Å². The average molecular weight is 414 g/mol. The van der Waals surface area contributed by atoms with Crippen LogP contribution in [-0.2, 0) is 13.6 Å². The maximum atomic E-state index is 12.6. The molecule has 4 rings (SSSR count). The van der Waals surface area contributed by atoms with Crippen molar-refractivity contribution in [1.29, 1.82) is 0 Å². The Kier molecular flexibility index (Phi) is 5.61.